The van der Waals surface area contributed by atoms with Gasteiger partial charge in [0.1, 0.15) is 5.75 Å². The standard InChI is InChI=1S/C17H23N3O2/c1-4-5-10-18-12-13-11-15(19-20(2)17(13)21)14-8-6-7-9-16(14)22-3/h6-9,11,18H,4-5,10,12H2,1-3H3. The lowest BCUT2D eigenvalue weighted by atomic mass is 10.1. The number of aromatic nitrogens is 2. The molecule has 2 rings (SSSR count). The number of methoxy groups -OCH3 is 1. The summed E-state index contributed by atoms with van der Waals surface area (Å²) in [5, 5.41) is 7.66. The van der Waals surface area contributed by atoms with Crippen molar-refractivity contribution >= 4 is 0 Å². The van der Waals surface area contributed by atoms with Crippen LogP contribution in [0.25, 0.3) is 11.3 Å². The van der Waals surface area contributed by atoms with E-state index in [0.717, 1.165) is 42.0 Å². The molecule has 0 radical (unpaired) electrons. The number of nitrogens with zero attached hydrogens (tertiary/aromatic N) is 2. The molecule has 22 heavy (non-hydrogen) atoms. The minimum absolute atomic E-state index is 0.0670. The highest BCUT2D eigenvalue weighted by Crippen LogP contribution is 2.27. The second kappa shape index (κ2) is 7.75. The predicted octanol–water partition coefficient (Wildman–Crippen LogP) is 2.35. The minimum Gasteiger partial charge on any atom is -0.496 e. The monoisotopic (exact) mass is 301 g/mol. The summed E-state index contributed by atoms with van der Waals surface area (Å²) >= 11 is 0. The van der Waals surface area contributed by atoms with Gasteiger partial charge < -0.3 is 10.1 Å². The Balaban J connectivity index is 2.33. The first kappa shape index (κ1) is 16.2. The van der Waals surface area contributed by atoms with Crippen LogP contribution in [0.4, 0.5) is 0 Å². The summed E-state index contributed by atoms with van der Waals surface area (Å²) < 4.78 is 6.77. The first-order chi connectivity index (χ1) is 10.7. The van der Waals surface area contributed by atoms with Crippen LogP contribution < -0.4 is 15.6 Å². The zero-order valence-electron chi connectivity index (χ0n) is 13.4. The SMILES string of the molecule is CCCCNCc1cc(-c2ccccc2OC)nn(C)c1=O. The highest BCUT2D eigenvalue weighted by Gasteiger charge is 2.11. The first-order valence-electron chi connectivity index (χ1n) is 7.58. The molecule has 0 spiro atoms. The minimum atomic E-state index is -0.0670. The lowest BCUT2D eigenvalue weighted by molar-refractivity contribution is 0.416. The van der Waals surface area contributed by atoms with Crippen molar-refractivity contribution in [3.05, 3.63) is 46.2 Å². The molecule has 1 N–H and O–H groups in total. The molecule has 0 aliphatic heterocycles. The Labute approximate surface area is 130 Å². The van der Waals surface area contributed by atoms with Crippen molar-refractivity contribution in [2.45, 2.75) is 26.3 Å². The van der Waals surface area contributed by atoms with Crippen molar-refractivity contribution in [1.29, 1.82) is 0 Å². The molecule has 0 amide bonds. The van der Waals surface area contributed by atoms with Crippen LogP contribution in [-0.4, -0.2) is 23.4 Å². The Morgan fingerprint density at radius 3 is 2.82 bits per heavy atom. The zero-order chi connectivity index (χ0) is 15.9. The number of ether oxygens (including phenoxy) is 1. The Kier molecular flexibility index (Phi) is 5.72. The first-order valence-corrected chi connectivity index (χ1v) is 7.58. The molecule has 5 nitrogen and oxygen atoms in total. The maximum Gasteiger partial charge on any atom is 0.271 e. The van der Waals surface area contributed by atoms with Gasteiger partial charge in [-0.25, -0.2) is 4.68 Å². The zero-order valence-corrected chi connectivity index (χ0v) is 13.4. The van der Waals surface area contributed by atoms with E-state index < -0.39 is 0 Å². The largest absolute Gasteiger partial charge is 0.496 e. The third-order valence-electron chi connectivity index (χ3n) is 3.54. The molecule has 5 heteroatoms. The smallest absolute Gasteiger partial charge is 0.271 e. The lowest BCUT2D eigenvalue weighted by Crippen LogP contribution is -2.28. The number of hydrogen-bond acceptors (Lipinski definition) is 4. The van der Waals surface area contributed by atoms with Gasteiger partial charge in [0.15, 0.2) is 0 Å². The number of benzene rings is 1. The molecule has 0 saturated carbocycles. The Morgan fingerprint density at radius 1 is 1.32 bits per heavy atom. The van der Waals surface area contributed by atoms with Crippen LogP contribution in [0.3, 0.4) is 0 Å². The molecule has 1 aromatic heterocycles. The summed E-state index contributed by atoms with van der Waals surface area (Å²) in [6, 6.07) is 9.53. The van der Waals surface area contributed by atoms with Gasteiger partial charge >= 0.3 is 0 Å². The topological polar surface area (TPSA) is 56.1 Å². The maximum absolute atomic E-state index is 12.2. The molecule has 1 aromatic carbocycles. The Bertz CT molecular complexity index is 680. The van der Waals surface area contributed by atoms with Crippen LogP contribution in [0.1, 0.15) is 25.3 Å². The third-order valence-corrected chi connectivity index (χ3v) is 3.54. The average Bonchev–Trinajstić information content (AvgIpc) is 2.55. The van der Waals surface area contributed by atoms with Crippen molar-refractivity contribution in [3.63, 3.8) is 0 Å². The molecule has 0 atom stereocenters. The fourth-order valence-electron chi connectivity index (χ4n) is 2.31. The highest BCUT2D eigenvalue weighted by atomic mass is 16.5. The summed E-state index contributed by atoms with van der Waals surface area (Å²) in [5.74, 6) is 0.749. The molecule has 2 aromatic rings. The summed E-state index contributed by atoms with van der Waals surface area (Å²) in [4.78, 5) is 12.2. The van der Waals surface area contributed by atoms with Gasteiger partial charge in [0.25, 0.3) is 5.56 Å². The van der Waals surface area contributed by atoms with Crippen LogP contribution in [0, 0.1) is 0 Å². The number of rotatable bonds is 7. The highest BCUT2D eigenvalue weighted by molar-refractivity contribution is 5.67. The van der Waals surface area contributed by atoms with Gasteiger partial charge in [-0.2, -0.15) is 5.10 Å². The van der Waals surface area contributed by atoms with Gasteiger partial charge in [-0.1, -0.05) is 25.5 Å². The molecule has 0 bridgehead atoms. The molecule has 0 fully saturated rings. The van der Waals surface area contributed by atoms with Gasteiger partial charge in [0.2, 0.25) is 0 Å². The summed E-state index contributed by atoms with van der Waals surface area (Å²) in [6.07, 6.45) is 2.23. The number of aryl methyl sites for hydroxylation is 1. The molecule has 0 aliphatic rings. The van der Waals surface area contributed by atoms with Crippen molar-refractivity contribution in [3.8, 4) is 17.0 Å². The van der Waals surface area contributed by atoms with E-state index in [0.29, 0.717) is 6.54 Å². The van der Waals surface area contributed by atoms with Crippen molar-refractivity contribution in [2.24, 2.45) is 7.05 Å². The molecule has 118 valence electrons. The summed E-state index contributed by atoms with van der Waals surface area (Å²) in [5.41, 5.74) is 2.28. The quantitative estimate of drug-likeness (QED) is 0.798. The maximum atomic E-state index is 12.2. The van der Waals surface area contributed by atoms with Crippen LogP contribution in [0.2, 0.25) is 0 Å². The second-order valence-electron chi connectivity index (χ2n) is 5.21. The number of nitrogens with one attached hydrogen (secondary N) is 1. The van der Waals surface area contributed by atoms with Crippen molar-refractivity contribution in [1.82, 2.24) is 15.1 Å². The van der Waals surface area contributed by atoms with Crippen LogP contribution >= 0.6 is 0 Å². The summed E-state index contributed by atoms with van der Waals surface area (Å²) in [6.45, 7) is 3.61. The van der Waals surface area contributed by atoms with Gasteiger partial charge in [-0.3, -0.25) is 4.79 Å². The van der Waals surface area contributed by atoms with Gasteiger partial charge in [-0.05, 0) is 31.2 Å². The fourth-order valence-corrected chi connectivity index (χ4v) is 2.31. The average molecular weight is 301 g/mol. The molecule has 1 heterocycles. The van der Waals surface area contributed by atoms with E-state index in [-0.39, 0.29) is 5.56 Å². The molecule has 0 unspecified atom stereocenters. The normalized spacial score (nSPS) is 10.7. The van der Waals surface area contributed by atoms with Gasteiger partial charge in [-0.15, -0.1) is 0 Å². The van der Waals surface area contributed by atoms with E-state index in [4.69, 9.17) is 4.74 Å². The molecule has 0 aliphatic carbocycles. The van der Waals surface area contributed by atoms with Gasteiger partial charge in [0.05, 0.1) is 12.8 Å². The fraction of sp³-hybridized carbons (Fsp3) is 0.412. The van der Waals surface area contributed by atoms with Crippen LogP contribution in [0.15, 0.2) is 35.1 Å². The molecular formula is C17H23N3O2. The van der Waals surface area contributed by atoms with E-state index in [1.165, 1.54) is 4.68 Å². The van der Waals surface area contributed by atoms with Gasteiger partial charge in [0, 0.05) is 24.7 Å². The molecule has 0 saturated heterocycles. The molecular weight excluding hydrogens is 278 g/mol. The van der Waals surface area contributed by atoms with Crippen molar-refractivity contribution in [2.75, 3.05) is 13.7 Å². The van der Waals surface area contributed by atoms with E-state index in [9.17, 15) is 4.79 Å². The van der Waals surface area contributed by atoms with Crippen LogP contribution in [-0.2, 0) is 13.6 Å². The number of hydrogen-bond donors (Lipinski definition) is 1. The van der Waals surface area contributed by atoms with Crippen LogP contribution in [0.5, 0.6) is 5.75 Å². The second-order valence-corrected chi connectivity index (χ2v) is 5.21. The van der Waals surface area contributed by atoms with E-state index in [2.05, 4.69) is 17.3 Å². The predicted molar refractivity (Wildman–Crippen MR) is 88.1 cm³/mol. The Hall–Kier alpha value is -2.14. The third kappa shape index (κ3) is 3.74. The van der Waals surface area contributed by atoms with E-state index in [1.54, 1.807) is 14.2 Å². The number of para-hydroxylation sites is 1. The van der Waals surface area contributed by atoms with Crippen molar-refractivity contribution < 1.29 is 4.74 Å². The number of unbranched alkanes of at least 4 members (excludes halogenated alkanes) is 1. The Morgan fingerprint density at radius 2 is 2.09 bits per heavy atom. The van der Waals surface area contributed by atoms with E-state index >= 15 is 0 Å². The lowest BCUT2D eigenvalue weighted by Gasteiger charge is -2.11. The van der Waals surface area contributed by atoms with E-state index in [1.807, 2.05) is 30.3 Å². The summed E-state index contributed by atoms with van der Waals surface area (Å²) in [7, 11) is 3.31.